The van der Waals surface area contributed by atoms with E-state index in [-0.39, 0.29) is 0 Å². The highest BCUT2D eigenvalue weighted by Gasteiger charge is 2.03. The van der Waals surface area contributed by atoms with E-state index in [1.165, 1.54) is 0 Å². The van der Waals surface area contributed by atoms with Crippen LogP contribution in [0.1, 0.15) is 39.7 Å². The lowest BCUT2D eigenvalue weighted by molar-refractivity contribution is 0.784. The molecule has 0 unspecified atom stereocenters. The maximum absolute atomic E-state index is 4.58. The van der Waals surface area contributed by atoms with Gasteiger partial charge in [0.05, 0.1) is 6.54 Å². The zero-order valence-corrected chi connectivity index (χ0v) is 13.8. The molecule has 0 aliphatic heterocycles. The number of aromatic nitrogens is 1. The van der Waals surface area contributed by atoms with Crippen LogP contribution < -0.4 is 15.5 Å². The third-order valence-corrected chi connectivity index (χ3v) is 3.20. The maximum atomic E-state index is 4.58. The first-order valence-electron chi connectivity index (χ1n) is 7.97. The molecule has 0 amide bonds. The summed E-state index contributed by atoms with van der Waals surface area (Å²) in [7, 11) is 0. The molecule has 0 radical (unpaired) electrons. The Morgan fingerprint density at radius 3 is 2.43 bits per heavy atom. The average Bonchev–Trinajstić information content (AvgIpc) is 2.52. The Morgan fingerprint density at radius 2 is 1.90 bits per heavy atom. The fraction of sp³-hybridized carbons (Fsp3) is 0.625. The molecule has 0 saturated carbocycles. The van der Waals surface area contributed by atoms with Crippen molar-refractivity contribution >= 4 is 11.8 Å². The second kappa shape index (κ2) is 10.0. The average molecular weight is 291 g/mol. The van der Waals surface area contributed by atoms with Crippen LogP contribution in [0.3, 0.4) is 0 Å². The van der Waals surface area contributed by atoms with Crippen LogP contribution >= 0.6 is 0 Å². The van der Waals surface area contributed by atoms with Gasteiger partial charge in [0, 0.05) is 32.4 Å². The minimum absolute atomic E-state index is 0.643. The van der Waals surface area contributed by atoms with E-state index < -0.39 is 0 Å². The minimum Gasteiger partial charge on any atom is -0.357 e. The van der Waals surface area contributed by atoms with Crippen LogP contribution in [-0.4, -0.2) is 37.1 Å². The van der Waals surface area contributed by atoms with E-state index in [0.29, 0.717) is 6.54 Å². The Hall–Kier alpha value is -1.78. The summed E-state index contributed by atoms with van der Waals surface area (Å²) >= 11 is 0. The van der Waals surface area contributed by atoms with Gasteiger partial charge in [0.15, 0.2) is 5.96 Å². The van der Waals surface area contributed by atoms with Gasteiger partial charge in [0.25, 0.3) is 0 Å². The molecule has 1 heterocycles. The standard InChI is InChI=1S/C16H29N5/c1-5-11-18-16(17-6-2)20-13-14-9-10-15(19-12-14)21(7-3)8-4/h9-10,12H,5-8,11,13H2,1-4H3,(H2,17,18,20). The third-order valence-electron chi connectivity index (χ3n) is 3.20. The van der Waals surface area contributed by atoms with Gasteiger partial charge in [-0.1, -0.05) is 13.0 Å². The highest BCUT2D eigenvalue weighted by Crippen LogP contribution is 2.11. The first-order valence-corrected chi connectivity index (χ1v) is 7.97. The first-order chi connectivity index (χ1) is 10.2. The van der Waals surface area contributed by atoms with Gasteiger partial charge in [-0.05, 0) is 38.8 Å². The predicted molar refractivity (Wildman–Crippen MR) is 90.9 cm³/mol. The number of nitrogens with one attached hydrogen (secondary N) is 2. The van der Waals surface area contributed by atoms with Crippen molar-refractivity contribution in [1.29, 1.82) is 0 Å². The van der Waals surface area contributed by atoms with Crippen LogP contribution in [-0.2, 0) is 6.54 Å². The van der Waals surface area contributed by atoms with Gasteiger partial charge in [0.2, 0.25) is 0 Å². The van der Waals surface area contributed by atoms with E-state index in [2.05, 4.69) is 65.3 Å². The molecule has 0 spiro atoms. The van der Waals surface area contributed by atoms with Crippen molar-refractivity contribution in [3.05, 3.63) is 23.9 Å². The topological polar surface area (TPSA) is 52.6 Å². The van der Waals surface area contributed by atoms with Crippen molar-refractivity contribution in [2.75, 3.05) is 31.1 Å². The highest BCUT2D eigenvalue weighted by molar-refractivity contribution is 5.79. The monoisotopic (exact) mass is 291 g/mol. The fourth-order valence-corrected chi connectivity index (χ4v) is 2.00. The number of hydrogen-bond donors (Lipinski definition) is 2. The van der Waals surface area contributed by atoms with Crippen LogP contribution in [0.2, 0.25) is 0 Å². The Balaban J connectivity index is 2.64. The molecule has 1 rings (SSSR count). The van der Waals surface area contributed by atoms with Gasteiger partial charge in [-0.15, -0.1) is 0 Å². The number of guanidine groups is 1. The molecular formula is C16H29N5. The smallest absolute Gasteiger partial charge is 0.191 e. The Labute approximate surface area is 128 Å². The van der Waals surface area contributed by atoms with Crippen molar-refractivity contribution in [2.45, 2.75) is 40.7 Å². The van der Waals surface area contributed by atoms with Crippen molar-refractivity contribution in [3.63, 3.8) is 0 Å². The lowest BCUT2D eigenvalue weighted by Gasteiger charge is -2.19. The molecular weight excluding hydrogens is 262 g/mol. The fourth-order valence-electron chi connectivity index (χ4n) is 2.00. The highest BCUT2D eigenvalue weighted by atomic mass is 15.2. The number of anilines is 1. The number of nitrogens with zero attached hydrogens (tertiary/aromatic N) is 3. The quantitative estimate of drug-likeness (QED) is 0.570. The number of rotatable bonds is 8. The number of hydrogen-bond acceptors (Lipinski definition) is 3. The molecule has 5 nitrogen and oxygen atoms in total. The van der Waals surface area contributed by atoms with Gasteiger partial charge >= 0.3 is 0 Å². The SMILES string of the molecule is CCCNC(=NCc1ccc(N(CC)CC)nc1)NCC. The molecule has 118 valence electrons. The number of aliphatic imine (C=N–C) groups is 1. The summed E-state index contributed by atoms with van der Waals surface area (Å²) in [6.07, 6.45) is 3.01. The Bertz CT molecular complexity index is 409. The van der Waals surface area contributed by atoms with Crippen LogP contribution in [0, 0.1) is 0 Å². The predicted octanol–water partition coefficient (Wildman–Crippen LogP) is 2.39. The molecule has 1 aromatic heterocycles. The molecule has 0 aliphatic rings. The van der Waals surface area contributed by atoms with Crippen molar-refractivity contribution in [1.82, 2.24) is 15.6 Å². The number of pyridine rings is 1. The van der Waals surface area contributed by atoms with Crippen LogP contribution in [0.4, 0.5) is 5.82 Å². The van der Waals surface area contributed by atoms with Gasteiger partial charge < -0.3 is 15.5 Å². The van der Waals surface area contributed by atoms with E-state index in [9.17, 15) is 0 Å². The summed E-state index contributed by atoms with van der Waals surface area (Å²) in [5.74, 6) is 1.90. The minimum atomic E-state index is 0.643. The van der Waals surface area contributed by atoms with E-state index in [0.717, 1.165) is 49.9 Å². The van der Waals surface area contributed by atoms with E-state index in [4.69, 9.17) is 0 Å². The van der Waals surface area contributed by atoms with Crippen LogP contribution in [0.5, 0.6) is 0 Å². The van der Waals surface area contributed by atoms with Crippen molar-refractivity contribution in [3.8, 4) is 0 Å². The first kappa shape index (κ1) is 17.3. The van der Waals surface area contributed by atoms with Crippen LogP contribution in [0.25, 0.3) is 0 Å². The van der Waals surface area contributed by atoms with E-state index in [1.807, 2.05) is 6.20 Å². The van der Waals surface area contributed by atoms with Gasteiger partial charge in [-0.25, -0.2) is 9.98 Å². The summed E-state index contributed by atoms with van der Waals surface area (Å²) in [5.41, 5.74) is 1.12. The van der Waals surface area contributed by atoms with E-state index in [1.54, 1.807) is 0 Å². The zero-order chi connectivity index (χ0) is 15.5. The van der Waals surface area contributed by atoms with E-state index >= 15 is 0 Å². The molecule has 1 aromatic rings. The Kier molecular flexibility index (Phi) is 8.24. The summed E-state index contributed by atoms with van der Waals surface area (Å²) < 4.78 is 0. The molecule has 21 heavy (non-hydrogen) atoms. The molecule has 0 aromatic carbocycles. The largest absolute Gasteiger partial charge is 0.357 e. The normalized spacial score (nSPS) is 11.3. The van der Waals surface area contributed by atoms with Gasteiger partial charge in [-0.2, -0.15) is 0 Å². The lowest BCUT2D eigenvalue weighted by Crippen LogP contribution is -2.37. The van der Waals surface area contributed by atoms with Gasteiger partial charge in [0.1, 0.15) is 5.82 Å². The summed E-state index contributed by atoms with van der Waals surface area (Å²) in [5, 5.41) is 6.54. The van der Waals surface area contributed by atoms with Crippen molar-refractivity contribution in [2.24, 2.45) is 4.99 Å². The molecule has 0 bridgehead atoms. The second-order valence-corrected chi connectivity index (χ2v) is 4.82. The zero-order valence-electron chi connectivity index (χ0n) is 13.8. The molecule has 0 fully saturated rings. The van der Waals surface area contributed by atoms with Crippen LogP contribution in [0.15, 0.2) is 23.3 Å². The van der Waals surface area contributed by atoms with Crippen molar-refractivity contribution < 1.29 is 0 Å². The molecule has 5 heteroatoms. The summed E-state index contributed by atoms with van der Waals surface area (Å²) in [6.45, 7) is 12.9. The maximum Gasteiger partial charge on any atom is 0.191 e. The van der Waals surface area contributed by atoms with Gasteiger partial charge in [-0.3, -0.25) is 0 Å². The Morgan fingerprint density at radius 1 is 1.14 bits per heavy atom. The lowest BCUT2D eigenvalue weighted by atomic mass is 10.3. The second-order valence-electron chi connectivity index (χ2n) is 4.82. The molecule has 0 atom stereocenters. The molecule has 0 aliphatic carbocycles. The summed E-state index contributed by atoms with van der Waals surface area (Å²) in [6, 6.07) is 4.18. The molecule has 2 N–H and O–H groups in total. The summed E-state index contributed by atoms with van der Waals surface area (Å²) in [4.78, 5) is 11.3. The third kappa shape index (κ3) is 6.02. The molecule has 0 saturated heterocycles.